The number of amides is 2. The Balaban J connectivity index is 2.06. The number of nitrogens with zero attached hydrogens (tertiary/aromatic N) is 1. The van der Waals surface area contributed by atoms with Gasteiger partial charge in [0.25, 0.3) is 0 Å². The molecule has 1 aromatic carbocycles. The minimum Gasteiger partial charge on any atom is -0.497 e. The van der Waals surface area contributed by atoms with Gasteiger partial charge in [-0.2, -0.15) is 0 Å². The Labute approximate surface area is 191 Å². The minimum atomic E-state index is -1.79. The molecule has 1 unspecified atom stereocenters. The number of ether oxygens (including phenoxy) is 2. The number of benzene rings is 1. The van der Waals surface area contributed by atoms with Crippen LogP contribution in [0.2, 0.25) is 0 Å². The van der Waals surface area contributed by atoms with Crippen molar-refractivity contribution in [2.75, 3.05) is 7.11 Å². The van der Waals surface area contributed by atoms with Crippen molar-refractivity contribution in [1.82, 2.24) is 20.6 Å². The van der Waals surface area contributed by atoms with Gasteiger partial charge in [-0.1, -0.05) is 26.0 Å². The highest BCUT2D eigenvalue weighted by Gasteiger charge is 2.31. The zero-order valence-corrected chi connectivity index (χ0v) is 18.8. The normalized spacial score (nSPS) is 13.6. The Morgan fingerprint density at radius 3 is 2.39 bits per heavy atom. The largest absolute Gasteiger partial charge is 0.497 e. The first-order chi connectivity index (χ1) is 15.7. The van der Waals surface area contributed by atoms with Crippen LogP contribution in [0.4, 0.5) is 4.79 Å². The van der Waals surface area contributed by atoms with E-state index in [2.05, 4.69) is 20.6 Å². The second-order valence-electron chi connectivity index (χ2n) is 7.93. The van der Waals surface area contributed by atoms with E-state index in [-0.39, 0.29) is 25.4 Å². The van der Waals surface area contributed by atoms with Gasteiger partial charge in [0.05, 0.1) is 19.5 Å². The molecule has 2 rings (SSSR count). The van der Waals surface area contributed by atoms with Gasteiger partial charge in [0, 0.05) is 18.3 Å². The highest BCUT2D eigenvalue weighted by Crippen LogP contribution is 2.13. The van der Waals surface area contributed by atoms with Crippen molar-refractivity contribution in [3.63, 3.8) is 0 Å². The summed E-state index contributed by atoms with van der Waals surface area (Å²) in [6.07, 6.45) is 0.611. The first-order valence-electron chi connectivity index (χ1n) is 10.4. The van der Waals surface area contributed by atoms with E-state index in [1.807, 2.05) is 13.8 Å². The van der Waals surface area contributed by atoms with Gasteiger partial charge in [0.15, 0.2) is 6.10 Å². The first kappa shape index (κ1) is 25.7. The van der Waals surface area contributed by atoms with Crippen LogP contribution in [0.25, 0.3) is 0 Å². The summed E-state index contributed by atoms with van der Waals surface area (Å²) in [5, 5.41) is 24.2. The lowest BCUT2D eigenvalue weighted by molar-refractivity contribution is -0.149. The highest BCUT2D eigenvalue weighted by molar-refractivity contribution is 5.86. The van der Waals surface area contributed by atoms with E-state index in [0.717, 1.165) is 5.56 Å². The van der Waals surface area contributed by atoms with Crippen LogP contribution in [0.5, 0.6) is 5.75 Å². The second-order valence-corrected chi connectivity index (χ2v) is 7.93. The standard InChI is InChI=1S/C22H30N4O7/c1-13(2)8-17(19(27)21(29)30)25-20(28)18(9-15-10-23-12-24-15)26-22(31)33-11-14-4-6-16(32-3)7-5-14/h4-7,10,12-13,17-19,27H,8-9,11H2,1-3H3,(H,23,24)(H,25,28)(H,26,31)(H,29,30)/t17-,18-,19?/m0/s1. The van der Waals surface area contributed by atoms with Gasteiger partial charge in [-0.3, -0.25) is 4.79 Å². The number of carbonyl (C=O) groups excluding carboxylic acids is 2. The summed E-state index contributed by atoms with van der Waals surface area (Å²) in [7, 11) is 1.55. The molecule has 1 aromatic heterocycles. The third-order valence-corrected chi connectivity index (χ3v) is 4.80. The maximum absolute atomic E-state index is 12.9. The van der Waals surface area contributed by atoms with Gasteiger partial charge in [-0.25, -0.2) is 14.6 Å². The Morgan fingerprint density at radius 2 is 1.85 bits per heavy atom. The van der Waals surface area contributed by atoms with Crippen molar-refractivity contribution in [2.45, 2.75) is 51.5 Å². The molecule has 0 bridgehead atoms. The van der Waals surface area contributed by atoms with E-state index in [0.29, 0.717) is 11.4 Å². The van der Waals surface area contributed by atoms with Crippen molar-refractivity contribution < 1.29 is 34.1 Å². The molecular weight excluding hydrogens is 432 g/mol. The maximum Gasteiger partial charge on any atom is 0.408 e. The van der Waals surface area contributed by atoms with Crippen LogP contribution in [0.1, 0.15) is 31.5 Å². The van der Waals surface area contributed by atoms with Crippen LogP contribution in [0.15, 0.2) is 36.8 Å². The van der Waals surface area contributed by atoms with Gasteiger partial charge < -0.3 is 35.3 Å². The number of hydrogen-bond acceptors (Lipinski definition) is 7. The van der Waals surface area contributed by atoms with Gasteiger partial charge in [0.1, 0.15) is 18.4 Å². The number of imidazole rings is 1. The Hall–Kier alpha value is -3.60. The van der Waals surface area contributed by atoms with Gasteiger partial charge in [-0.15, -0.1) is 0 Å². The fourth-order valence-electron chi connectivity index (χ4n) is 3.11. The van der Waals surface area contributed by atoms with Crippen molar-refractivity contribution in [2.24, 2.45) is 5.92 Å². The van der Waals surface area contributed by atoms with E-state index in [4.69, 9.17) is 14.6 Å². The maximum atomic E-state index is 12.9. The molecule has 0 spiro atoms. The third-order valence-electron chi connectivity index (χ3n) is 4.80. The second kappa shape index (κ2) is 12.4. The molecule has 0 aliphatic rings. The predicted molar refractivity (Wildman–Crippen MR) is 117 cm³/mol. The monoisotopic (exact) mass is 462 g/mol. The van der Waals surface area contributed by atoms with Crippen molar-refractivity contribution >= 4 is 18.0 Å². The molecule has 0 radical (unpaired) electrons. The molecule has 0 aliphatic heterocycles. The average Bonchev–Trinajstić information content (AvgIpc) is 3.29. The first-order valence-corrected chi connectivity index (χ1v) is 10.4. The lowest BCUT2D eigenvalue weighted by Crippen LogP contribution is -2.55. The Bertz CT molecular complexity index is 900. The fourth-order valence-corrected chi connectivity index (χ4v) is 3.11. The molecule has 0 aliphatic carbocycles. The smallest absolute Gasteiger partial charge is 0.408 e. The van der Waals surface area contributed by atoms with Crippen LogP contribution in [0, 0.1) is 5.92 Å². The van der Waals surface area contributed by atoms with E-state index in [1.165, 1.54) is 12.5 Å². The number of aliphatic carboxylic acids is 1. The average molecular weight is 463 g/mol. The van der Waals surface area contributed by atoms with Gasteiger partial charge in [0.2, 0.25) is 5.91 Å². The lowest BCUT2D eigenvalue weighted by Gasteiger charge is -2.26. The van der Waals surface area contributed by atoms with E-state index >= 15 is 0 Å². The zero-order valence-electron chi connectivity index (χ0n) is 18.8. The van der Waals surface area contributed by atoms with Gasteiger partial charge >= 0.3 is 12.1 Å². The summed E-state index contributed by atoms with van der Waals surface area (Å²) in [5.74, 6) is -1.42. The zero-order chi connectivity index (χ0) is 24.4. The number of carbonyl (C=O) groups is 3. The number of aromatic nitrogens is 2. The van der Waals surface area contributed by atoms with E-state index < -0.39 is 36.2 Å². The molecule has 180 valence electrons. The Kier molecular flexibility index (Phi) is 9.67. The number of nitrogens with one attached hydrogen (secondary N) is 3. The quantitative estimate of drug-likeness (QED) is 0.314. The molecule has 0 saturated heterocycles. The van der Waals surface area contributed by atoms with E-state index in [1.54, 1.807) is 31.4 Å². The lowest BCUT2D eigenvalue weighted by atomic mass is 9.98. The summed E-state index contributed by atoms with van der Waals surface area (Å²) in [5.41, 5.74) is 1.30. The van der Waals surface area contributed by atoms with Crippen molar-refractivity contribution in [1.29, 1.82) is 0 Å². The molecule has 11 nitrogen and oxygen atoms in total. The molecule has 0 fully saturated rings. The summed E-state index contributed by atoms with van der Waals surface area (Å²) in [4.78, 5) is 43.3. The topological polar surface area (TPSA) is 163 Å². The van der Waals surface area contributed by atoms with Crippen LogP contribution >= 0.6 is 0 Å². The third kappa shape index (κ3) is 8.45. The van der Waals surface area contributed by atoms with Gasteiger partial charge in [-0.05, 0) is 30.0 Å². The van der Waals surface area contributed by atoms with Crippen molar-refractivity contribution in [3.8, 4) is 5.75 Å². The molecule has 11 heteroatoms. The molecule has 33 heavy (non-hydrogen) atoms. The number of rotatable bonds is 12. The molecular formula is C22H30N4O7. The number of methoxy groups -OCH3 is 1. The summed E-state index contributed by atoms with van der Waals surface area (Å²) >= 11 is 0. The number of aliphatic hydroxyl groups is 1. The summed E-state index contributed by atoms with van der Waals surface area (Å²) < 4.78 is 10.3. The molecule has 2 amide bonds. The number of aliphatic hydroxyl groups excluding tert-OH is 1. The molecule has 2 aromatic rings. The fraction of sp³-hybridized carbons (Fsp3) is 0.455. The summed E-state index contributed by atoms with van der Waals surface area (Å²) in [6.45, 7) is 3.65. The molecule has 0 saturated carbocycles. The SMILES string of the molecule is COc1ccc(COC(=O)N[C@@H](Cc2cnc[nH]2)C(=O)N[C@@H](CC(C)C)C(O)C(=O)O)cc1. The molecule has 5 N–H and O–H groups in total. The minimum absolute atomic E-state index is 0.0118. The highest BCUT2D eigenvalue weighted by atomic mass is 16.5. The van der Waals surface area contributed by atoms with Crippen LogP contribution in [-0.2, 0) is 27.4 Å². The number of aromatic amines is 1. The Morgan fingerprint density at radius 1 is 1.15 bits per heavy atom. The number of carboxylic acid groups (broad SMARTS) is 1. The number of hydrogen-bond donors (Lipinski definition) is 5. The number of H-pyrrole nitrogens is 1. The molecule has 3 atom stereocenters. The summed E-state index contributed by atoms with van der Waals surface area (Å²) in [6, 6.07) is 4.82. The van der Waals surface area contributed by atoms with Crippen molar-refractivity contribution in [3.05, 3.63) is 48.0 Å². The number of alkyl carbamates (subject to hydrolysis) is 1. The van der Waals surface area contributed by atoms with Crippen LogP contribution in [0.3, 0.4) is 0 Å². The molecule has 1 heterocycles. The van der Waals surface area contributed by atoms with Crippen LogP contribution in [-0.4, -0.2) is 63.4 Å². The van der Waals surface area contributed by atoms with E-state index in [9.17, 15) is 19.5 Å². The predicted octanol–water partition coefficient (Wildman–Crippen LogP) is 1.23. The number of carboxylic acids is 1. The van der Waals surface area contributed by atoms with Crippen LogP contribution < -0.4 is 15.4 Å².